The molecule has 14 nitrogen and oxygen atoms in total. The first-order valence-corrected chi connectivity index (χ1v) is 21.1. The number of ether oxygens (including phenoxy) is 3. The van der Waals surface area contributed by atoms with Gasteiger partial charge in [-0.2, -0.15) is 0 Å². The van der Waals surface area contributed by atoms with Crippen molar-refractivity contribution < 1.29 is 38.2 Å². The third kappa shape index (κ3) is 13.7. The van der Waals surface area contributed by atoms with E-state index in [0.29, 0.717) is 39.0 Å². The molecule has 58 heavy (non-hydrogen) atoms. The monoisotopic (exact) mass is 815 g/mol. The van der Waals surface area contributed by atoms with E-state index in [2.05, 4.69) is 28.1 Å². The van der Waals surface area contributed by atoms with Crippen molar-refractivity contribution in [1.82, 2.24) is 25.8 Å². The summed E-state index contributed by atoms with van der Waals surface area (Å²) in [5.74, 6) is -1.94. The number of carbonyl (C=O) groups is 5. The molecule has 1 aliphatic heterocycles. The fourth-order valence-electron chi connectivity index (χ4n) is 8.00. The zero-order chi connectivity index (χ0) is 43.4. The molecule has 7 atom stereocenters. The number of methoxy groups -OCH3 is 2. The maximum atomic E-state index is 14.1. The average molecular weight is 815 g/mol. The third-order valence-electron chi connectivity index (χ3n) is 12.1. The first kappa shape index (κ1) is 48.8. The lowest BCUT2D eigenvalue weighted by atomic mass is 9.90. The van der Waals surface area contributed by atoms with Crippen molar-refractivity contribution >= 4 is 29.5 Å². The molecule has 1 heterocycles. The lowest BCUT2D eigenvalue weighted by Gasteiger charge is -2.39. The molecule has 1 aromatic rings. The molecule has 0 aromatic heterocycles. The van der Waals surface area contributed by atoms with E-state index in [9.17, 15) is 24.0 Å². The fourth-order valence-corrected chi connectivity index (χ4v) is 8.00. The van der Waals surface area contributed by atoms with Gasteiger partial charge in [0.25, 0.3) is 0 Å². The van der Waals surface area contributed by atoms with Crippen molar-refractivity contribution in [1.29, 1.82) is 0 Å². The molecule has 1 aliphatic carbocycles. The summed E-state index contributed by atoms with van der Waals surface area (Å²) in [4.78, 5) is 70.6. The van der Waals surface area contributed by atoms with Gasteiger partial charge in [0.2, 0.25) is 29.5 Å². The number of carbonyl (C=O) groups excluding carboxylic acids is 5. The lowest BCUT2D eigenvalue weighted by molar-refractivity contribution is -0.146. The van der Waals surface area contributed by atoms with E-state index in [1.54, 1.807) is 40.0 Å². The maximum Gasteiger partial charge on any atom is 0.245 e. The number of benzene rings is 1. The van der Waals surface area contributed by atoms with Crippen LogP contribution in [-0.2, 0) is 43.6 Å². The summed E-state index contributed by atoms with van der Waals surface area (Å²) in [6.45, 7) is 15.8. The van der Waals surface area contributed by atoms with Gasteiger partial charge in [-0.05, 0) is 78.2 Å². The first-order chi connectivity index (χ1) is 27.2. The van der Waals surface area contributed by atoms with Crippen LogP contribution in [0.3, 0.4) is 0 Å². The molecule has 0 spiro atoms. The van der Waals surface area contributed by atoms with E-state index in [1.165, 1.54) is 5.56 Å². The lowest BCUT2D eigenvalue weighted by Crippen LogP contribution is -2.57. The molecule has 5 N–H and O–H groups in total. The van der Waals surface area contributed by atoms with Crippen LogP contribution in [0.15, 0.2) is 30.3 Å². The summed E-state index contributed by atoms with van der Waals surface area (Å²) < 4.78 is 17.6. The van der Waals surface area contributed by atoms with Crippen LogP contribution in [0, 0.1) is 11.8 Å². The Hall–Kier alpha value is -3.59. The van der Waals surface area contributed by atoms with Crippen LogP contribution in [0.5, 0.6) is 0 Å². The standard InChI is InChI=1S/C44H74N6O8/c1-12-29(2)38(49(9)37(53)26-46-41(55)43(7,8)48-35(51)21-20-30(3)58-28-42(5,6)45)34(56-10)25-36(52)50-24-16-19-33(50)39(57-11)31(4)40(54)47-27-44(22-23-44)32-17-14-13-15-18-32/h13-15,17-18,29-31,33-34,38-39H,12,16,19-28,45H2,1-11H3,(H,46,55)(H,47,54)(H,48,51)/t29-,30?,31+,33-,34+,38-,39+/m0/s1. The summed E-state index contributed by atoms with van der Waals surface area (Å²) in [5.41, 5.74) is 5.44. The molecule has 2 aliphatic rings. The van der Waals surface area contributed by atoms with Gasteiger partial charge >= 0.3 is 0 Å². The highest BCUT2D eigenvalue weighted by Crippen LogP contribution is 2.47. The van der Waals surface area contributed by atoms with Crippen molar-refractivity contribution in [2.45, 2.75) is 154 Å². The molecule has 328 valence electrons. The van der Waals surface area contributed by atoms with E-state index in [4.69, 9.17) is 19.9 Å². The topological polar surface area (TPSA) is 182 Å². The van der Waals surface area contributed by atoms with Crippen LogP contribution in [0.2, 0.25) is 0 Å². The molecule has 1 aromatic carbocycles. The molecular weight excluding hydrogens is 741 g/mol. The van der Waals surface area contributed by atoms with Gasteiger partial charge in [0.1, 0.15) is 5.54 Å². The molecule has 1 saturated carbocycles. The predicted molar refractivity (Wildman–Crippen MR) is 225 cm³/mol. The van der Waals surface area contributed by atoms with Crippen molar-refractivity contribution in [2.24, 2.45) is 17.6 Å². The third-order valence-corrected chi connectivity index (χ3v) is 12.1. The average Bonchev–Trinajstić information content (AvgIpc) is 3.83. The Morgan fingerprint density at radius 3 is 2.22 bits per heavy atom. The molecule has 0 radical (unpaired) electrons. The van der Waals surface area contributed by atoms with E-state index < -0.39 is 41.2 Å². The second-order valence-electron chi connectivity index (χ2n) is 18.0. The second kappa shape index (κ2) is 21.6. The van der Waals surface area contributed by atoms with Gasteiger partial charge < -0.3 is 45.7 Å². The number of nitrogens with zero attached hydrogens (tertiary/aromatic N) is 2. The van der Waals surface area contributed by atoms with Gasteiger partial charge in [0.15, 0.2) is 0 Å². The van der Waals surface area contributed by atoms with Crippen LogP contribution < -0.4 is 21.7 Å². The van der Waals surface area contributed by atoms with Gasteiger partial charge in [-0.3, -0.25) is 24.0 Å². The highest BCUT2D eigenvalue weighted by Gasteiger charge is 2.46. The largest absolute Gasteiger partial charge is 0.379 e. The predicted octanol–water partition coefficient (Wildman–Crippen LogP) is 3.69. The molecule has 3 rings (SSSR count). The minimum Gasteiger partial charge on any atom is -0.379 e. The Balaban J connectivity index is 1.59. The van der Waals surface area contributed by atoms with Gasteiger partial charge in [-0.15, -0.1) is 0 Å². The number of likely N-dealkylation sites (tertiary alicyclic amines) is 1. The zero-order valence-electron chi connectivity index (χ0n) is 37.2. The molecule has 14 heteroatoms. The quantitative estimate of drug-likeness (QED) is 0.121. The van der Waals surface area contributed by atoms with Crippen LogP contribution in [0.1, 0.15) is 112 Å². The highest BCUT2D eigenvalue weighted by molar-refractivity contribution is 5.93. The maximum absolute atomic E-state index is 14.1. The van der Waals surface area contributed by atoms with Crippen LogP contribution in [0.4, 0.5) is 0 Å². The Bertz CT molecular complexity index is 1510. The smallest absolute Gasteiger partial charge is 0.245 e. The van der Waals surface area contributed by atoms with Gasteiger partial charge in [-0.1, -0.05) is 57.5 Å². The zero-order valence-corrected chi connectivity index (χ0v) is 37.2. The second-order valence-corrected chi connectivity index (χ2v) is 18.0. The normalized spacial score (nSPS) is 19.6. The van der Waals surface area contributed by atoms with Crippen molar-refractivity contribution in [3.05, 3.63) is 35.9 Å². The molecule has 1 saturated heterocycles. The van der Waals surface area contributed by atoms with Crippen LogP contribution >= 0.6 is 0 Å². The SMILES string of the molecule is CC[C@H](C)[C@@H]([C@@H](CC(=O)N1CCC[C@H]1[C@H](OC)[C@@H](C)C(=O)NCC1(c2ccccc2)CC1)OC)N(C)C(=O)CNC(=O)C(C)(C)NC(=O)CCC(C)OCC(C)(C)N. The highest BCUT2D eigenvalue weighted by atomic mass is 16.5. The summed E-state index contributed by atoms with van der Waals surface area (Å²) in [7, 11) is 4.79. The minimum atomic E-state index is -1.27. The number of rotatable bonds is 24. The Labute approximate surface area is 347 Å². The van der Waals surface area contributed by atoms with E-state index in [-0.39, 0.29) is 66.5 Å². The van der Waals surface area contributed by atoms with Crippen LogP contribution in [-0.4, -0.2) is 128 Å². The van der Waals surface area contributed by atoms with Crippen LogP contribution in [0.25, 0.3) is 0 Å². The summed E-state index contributed by atoms with van der Waals surface area (Å²) >= 11 is 0. The molecule has 5 amide bonds. The molecular formula is C44H74N6O8. The summed E-state index contributed by atoms with van der Waals surface area (Å²) in [6, 6.07) is 9.51. The molecule has 1 unspecified atom stereocenters. The number of hydrogen-bond acceptors (Lipinski definition) is 9. The Kier molecular flexibility index (Phi) is 18.2. The number of likely N-dealkylation sites (N-methyl/N-ethyl adjacent to an activating group) is 1. The van der Waals surface area contributed by atoms with Crippen molar-refractivity contribution in [2.75, 3.05) is 47.5 Å². The number of amides is 5. The minimum absolute atomic E-state index is 0.0231. The number of nitrogens with one attached hydrogen (secondary N) is 3. The van der Waals surface area contributed by atoms with Gasteiger partial charge in [0.05, 0.1) is 55.9 Å². The first-order valence-electron chi connectivity index (χ1n) is 21.1. The van der Waals surface area contributed by atoms with E-state index >= 15 is 0 Å². The summed E-state index contributed by atoms with van der Waals surface area (Å²) in [5, 5.41) is 8.64. The number of nitrogens with two attached hydrogens (primary N) is 1. The van der Waals surface area contributed by atoms with E-state index in [1.807, 2.05) is 64.6 Å². The van der Waals surface area contributed by atoms with Crippen molar-refractivity contribution in [3.8, 4) is 0 Å². The molecule has 2 fully saturated rings. The van der Waals surface area contributed by atoms with Gasteiger partial charge in [-0.25, -0.2) is 0 Å². The molecule has 0 bridgehead atoms. The van der Waals surface area contributed by atoms with Crippen molar-refractivity contribution in [3.63, 3.8) is 0 Å². The fraction of sp³-hybridized carbons (Fsp3) is 0.750. The Morgan fingerprint density at radius 1 is 1.00 bits per heavy atom. The van der Waals surface area contributed by atoms with Gasteiger partial charge in [0, 0.05) is 51.7 Å². The van der Waals surface area contributed by atoms with E-state index in [0.717, 1.165) is 19.3 Å². The number of hydrogen-bond donors (Lipinski definition) is 4. The Morgan fingerprint density at radius 2 is 1.66 bits per heavy atom. The summed E-state index contributed by atoms with van der Waals surface area (Å²) in [6.07, 6.45) is 3.58.